The van der Waals surface area contributed by atoms with Gasteiger partial charge in [-0.1, -0.05) is 30.3 Å². The molecule has 0 amide bonds. The Labute approximate surface area is 69.8 Å². The molecule has 1 aromatic rings. The minimum Gasteiger partial charge on any atom is -0.320 e. The molecule has 1 rings (SSSR count). The molecule has 0 aliphatic carbocycles. The van der Waals surface area contributed by atoms with Crippen molar-refractivity contribution in [1.82, 2.24) is 5.32 Å². The first kappa shape index (κ1) is 6.86. The number of aryl methyl sites for hydroxylation is 1. The molecule has 1 heteroatoms. The maximum Gasteiger partial charge on any atom is 0.0391 e. The molecule has 0 aliphatic rings. The van der Waals surface area contributed by atoms with Crippen LogP contribution in [-0.2, 0) is 6.42 Å². The Morgan fingerprint density at radius 3 is 2.91 bits per heavy atom. The first-order valence-corrected chi connectivity index (χ1v) is 3.97. The summed E-state index contributed by atoms with van der Waals surface area (Å²) in [5, 5.41) is 2.99. The maximum absolute atomic E-state index is 6.87. The van der Waals surface area contributed by atoms with Crippen LogP contribution in [0.3, 0.4) is 0 Å². The van der Waals surface area contributed by atoms with Crippen molar-refractivity contribution < 1.29 is 1.37 Å². The second-order valence-corrected chi connectivity index (χ2v) is 2.59. The Balaban J connectivity index is 2.16. The van der Waals surface area contributed by atoms with E-state index in [1.54, 1.807) is 0 Å². The lowest BCUT2D eigenvalue weighted by atomic mass is 10.1. The maximum atomic E-state index is 6.87. The molecule has 0 bridgehead atoms. The molecule has 0 fully saturated rings. The Morgan fingerprint density at radius 2 is 2.18 bits per heavy atom. The summed E-state index contributed by atoms with van der Waals surface area (Å²) in [6.45, 7) is 0.943. The average Bonchev–Trinajstić information content (AvgIpc) is 2.14. The van der Waals surface area contributed by atoms with Crippen molar-refractivity contribution in [2.24, 2.45) is 0 Å². The largest absolute Gasteiger partial charge is 0.320 e. The van der Waals surface area contributed by atoms with E-state index in [0.717, 1.165) is 19.4 Å². The molecular formula is C10H15N. The molecule has 0 heterocycles. The van der Waals surface area contributed by atoms with Crippen LogP contribution in [0.15, 0.2) is 30.3 Å². The van der Waals surface area contributed by atoms with Crippen LogP contribution >= 0.6 is 0 Å². The predicted octanol–water partition coefficient (Wildman–Crippen LogP) is 1.84. The summed E-state index contributed by atoms with van der Waals surface area (Å²) in [7, 11) is 0.328. The zero-order valence-corrected chi connectivity index (χ0v) is 6.72. The van der Waals surface area contributed by atoms with Gasteiger partial charge in [0.1, 0.15) is 0 Å². The van der Waals surface area contributed by atoms with E-state index in [2.05, 4.69) is 29.6 Å². The topological polar surface area (TPSA) is 12.0 Å². The lowest BCUT2D eigenvalue weighted by Crippen LogP contribution is -2.08. The number of nitrogens with one attached hydrogen (secondary N) is 1. The van der Waals surface area contributed by atoms with Crippen molar-refractivity contribution >= 4 is 0 Å². The molecule has 0 atom stereocenters. The van der Waals surface area contributed by atoms with Crippen LogP contribution in [0.1, 0.15) is 13.4 Å². The van der Waals surface area contributed by atoms with E-state index in [4.69, 9.17) is 1.37 Å². The summed E-state index contributed by atoms with van der Waals surface area (Å²) in [4.78, 5) is 0. The summed E-state index contributed by atoms with van der Waals surface area (Å²) in [6, 6.07) is 10.4. The van der Waals surface area contributed by atoms with Crippen LogP contribution in [-0.4, -0.2) is 13.6 Å². The second kappa shape index (κ2) is 4.91. The number of hydrogen-bond donors (Lipinski definition) is 1. The molecule has 0 unspecified atom stereocenters. The van der Waals surface area contributed by atoms with Gasteiger partial charge in [0.05, 0.1) is 0 Å². The third-order valence-electron chi connectivity index (χ3n) is 1.66. The highest BCUT2D eigenvalue weighted by atomic mass is 14.8. The Hall–Kier alpha value is -0.820. The quantitative estimate of drug-likeness (QED) is 0.646. The zero-order valence-electron chi connectivity index (χ0n) is 7.72. The van der Waals surface area contributed by atoms with Crippen molar-refractivity contribution in [3.05, 3.63) is 35.9 Å². The molecule has 0 aromatic heterocycles. The Kier molecular flexibility index (Phi) is 3.07. The minimum absolute atomic E-state index is 0.328. The van der Waals surface area contributed by atoms with E-state index >= 15 is 0 Å². The predicted molar refractivity (Wildman–Crippen MR) is 48.7 cm³/mol. The minimum atomic E-state index is 0.328. The molecule has 1 aromatic carbocycles. The van der Waals surface area contributed by atoms with Gasteiger partial charge in [-0.2, -0.15) is 0 Å². The Morgan fingerprint density at radius 1 is 1.36 bits per heavy atom. The van der Waals surface area contributed by atoms with E-state index in [1.807, 2.05) is 6.07 Å². The van der Waals surface area contributed by atoms with Gasteiger partial charge in [0.25, 0.3) is 0 Å². The van der Waals surface area contributed by atoms with Gasteiger partial charge in [0.15, 0.2) is 0 Å². The van der Waals surface area contributed by atoms with E-state index in [0.29, 0.717) is 7.02 Å². The third-order valence-corrected chi connectivity index (χ3v) is 1.66. The van der Waals surface area contributed by atoms with Crippen LogP contribution in [0, 0.1) is 0 Å². The van der Waals surface area contributed by atoms with Crippen molar-refractivity contribution in [2.45, 2.75) is 12.8 Å². The van der Waals surface area contributed by atoms with Crippen LogP contribution in [0.4, 0.5) is 0 Å². The first-order valence-electron chi connectivity index (χ1n) is 4.68. The second-order valence-electron chi connectivity index (χ2n) is 2.59. The summed E-state index contributed by atoms with van der Waals surface area (Å²) < 4.78 is 6.87. The van der Waals surface area contributed by atoms with E-state index in [1.165, 1.54) is 5.56 Å². The highest BCUT2D eigenvalue weighted by Crippen LogP contribution is 2.00. The molecule has 1 nitrogen and oxygen atoms in total. The van der Waals surface area contributed by atoms with Crippen LogP contribution in [0.25, 0.3) is 0 Å². The molecular weight excluding hydrogens is 134 g/mol. The van der Waals surface area contributed by atoms with E-state index in [-0.39, 0.29) is 0 Å². The first-order chi connectivity index (χ1) is 5.93. The van der Waals surface area contributed by atoms with Gasteiger partial charge >= 0.3 is 0 Å². The van der Waals surface area contributed by atoms with Gasteiger partial charge in [-0.3, -0.25) is 0 Å². The van der Waals surface area contributed by atoms with E-state index < -0.39 is 0 Å². The number of rotatable bonds is 4. The third kappa shape index (κ3) is 3.19. The Bertz CT molecular complexity index is 198. The monoisotopic (exact) mass is 150 g/mol. The molecule has 0 spiro atoms. The number of hydrogen-bond acceptors (Lipinski definition) is 1. The lowest BCUT2D eigenvalue weighted by molar-refractivity contribution is 0.725. The lowest BCUT2D eigenvalue weighted by Gasteiger charge is -1.99. The highest BCUT2D eigenvalue weighted by Gasteiger charge is 1.88. The van der Waals surface area contributed by atoms with Crippen molar-refractivity contribution in [3.63, 3.8) is 0 Å². The van der Waals surface area contributed by atoms with E-state index in [9.17, 15) is 0 Å². The van der Waals surface area contributed by atoms with Crippen molar-refractivity contribution in [1.29, 1.82) is 0 Å². The van der Waals surface area contributed by atoms with Crippen LogP contribution in [0.2, 0.25) is 0 Å². The fourth-order valence-electron chi connectivity index (χ4n) is 1.06. The van der Waals surface area contributed by atoms with Gasteiger partial charge in [-0.25, -0.2) is 0 Å². The van der Waals surface area contributed by atoms with Gasteiger partial charge in [-0.15, -0.1) is 0 Å². The smallest absolute Gasteiger partial charge is 0.0391 e. The normalized spacial score (nSPS) is 11.1. The van der Waals surface area contributed by atoms with Crippen molar-refractivity contribution in [2.75, 3.05) is 13.6 Å². The van der Waals surface area contributed by atoms with Crippen molar-refractivity contribution in [3.8, 4) is 0 Å². The fraction of sp³-hybridized carbons (Fsp3) is 0.400. The molecule has 1 N–H and O–H groups in total. The molecule has 60 valence electrons. The molecule has 0 saturated heterocycles. The summed E-state index contributed by atoms with van der Waals surface area (Å²) >= 11 is 0. The SMILES string of the molecule is [2H]CNCCCc1ccccc1. The van der Waals surface area contributed by atoms with Gasteiger partial charge in [0, 0.05) is 1.37 Å². The number of benzene rings is 1. The zero-order chi connectivity index (χ0) is 8.65. The van der Waals surface area contributed by atoms with Gasteiger partial charge in [0.2, 0.25) is 0 Å². The van der Waals surface area contributed by atoms with Gasteiger partial charge in [-0.05, 0) is 32.0 Å². The summed E-state index contributed by atoms with van der Waals surface area (Å²) in [5.74, 6) is 0. The molecule has 0 radical (unpaired) electrons. The average molecular weight is 150 g/mol. The molecule has 0 saturated carbocycles. The summed E-state index contributed by atoms with van der Waals surface area (Å²) in [5.41, 5.74) is 1.38. The van der Waals surface area contributed by atoms with Crippen LogP contribution in [0.5, 0.6) is 0 Å². The highest BCUT2D eigenvalue weighted by molar-refractivity contribution is 5.14. The van der Waals surface area contributed by atoms with Crippen LogP contribution < -0.4 is 5.32 Å². The van der Waals surface area contributed by atoms with Gasteiger partial charge < -0.3 is 5.32 Å². The molecule has 0 aliphatic heterocycles. The summed E-state index contributed by atoms with van der Waals surface area (Å²) in [6.07, 6.45) is 2.22. The standard InChI is InChI=1S/C10H15N/c1-11-9-5-8-10-6-3-2-4-7-10/h2-4,6-7,11H,5,8-9H2,1H3/i1D. The molecule has 11 heavy (non-hydrogen) atoms. The fourth-order valence-corrected chi connectivity index (χ4v) is 1.06.